The lowest BCUT2D eigenvalue weighted by Gasteiger charge is -2.29. The SMILES string of the molecule is CCOCc1nc(NC)cc(OC2CCN(C)CC2)n1. The molecule has 2 heterocycles. The fourth-order valence-corrected chi connectivity index (χ4v) is 2.19. The fraction of sp³-hybridized carbons (Fsp3) is 0.714. The summed E-state index contributed by atoms with van der Waals surface area (Å²) in [5.74, 6) is 2.05. The molecule has 1 aromatic rings. The largest absolute Gasteiger partial charge is 0.474 e. The highest BCUT2D eigenvalue weighted by Gasteiger charge is 2.19. The number of hydrogen-bond donors (Lipinski definition) is 1. The van der Waals surface area contributed by atoms with Gasteiger partial charge in [0.25, 0.3) is 0 Å². The van der Waals surface area contributed by atoms with Crippen molar-refractivity contribution >= 4 is 5.82 Å². The summed E-state index contributed by atoms with van der Waals surface area (Å²) in [7, 11) is 3.98. The molecule has 1 fully saturated rings. The third kappa shape index (κ3) is 4.31. The Bertz CT molecular complexity index is 420. The first-order chi connectivity index (χ1) is 9.71. The second-order valence-corrected chi connectivity index (χ2v) is 5.02. The third-order valence-corrected chi connectivity index (χ3v) is 3.39. The first-order valence-electron chi connectivity index (χ1n) is 7.20. The quantitative estimate of drug-likeness (QED) is 0.852. The number of hydrogen-bond acceptors (Lipinski definition) is 6. The van der Waals surface area contributed by atoms with Crippen LogP contribution in [-0.4, -0.2) is 54.8 Å². The van der Waals surface area contributed by atoms with E-state index in [9.17, 15) is 0 Å². The van der Waals surface area contributed by atoms with E-state index in [0.29, 0.717) is 24.9 Å². The summed E-state index contributed by atoms with van der Waals surface area (Å²) in [6, 6.07) is 1.84. The highest BCUT2D eigenvalue weighted by Crippen LogP contribution is 2.19. The predicted octanol–water partition coefficient (Wildman–Crippen LogP) is 1.53. The Labute approximate surface area is 120 Å². The molecule has 1 N–H and O–H groups in total. The van der Waals surface area contributed by atoms with Crippen molar-refractivity contribution in [2.75, 3.05) is 39.1 Å². The standard InChI is InChI=1S/C14H24N4O2/c1-4-19-10-13-16-12(15-2)9-14(17-13)20-11-5-7-18(3)8-6-11/h9,11H,4-8,10H2,1-3H3,(H,15,16,17). The summed E-state index contributed by atoms with van der Waals surface area (Å²) in [5.41, 5.74) is 0. The molecule has 6 heteroatoms. The normalized spacial score (nSPS) is 17.1. The lowest BCUT2D eigenvalue weighted by molar-refractivity contribution is 0.106. The van der Waals surface area contributed by atoms with Gasteiger partial charge in [0.1, 0.15) is 18.5 Å². The van der Waals surface area contributed by atoms with Gasteiger partial charge in [-0.2, -0.15) is 4.98 Å². The molecule has 0 atom stereocenters. The zero-order valence-electron chi connectivity index (χ0n) is 12.6. The van der Waals surface area contributed by atoms with E-state index in [2.05, 4.69) is 27.2 Å². The maximum absolute atomic E-state index is 5.99. The number of anilines is 1. The molecule has 1 aliphatic heterocycles. The molecule has 1 aliphatic rings. The van der Waals surface area contributed by atoms with E-state index in [1.807, 2.05) is 20.0 Å². The van der Waals surface area contributed by atoms with E-state index in [0.717, 1.165) is 31.7 Å². The van der Waals surface area contributed by atoms with Crippen molar-refractivity contribution in [2.24, 2.45) is 0 Å². The van der Waals surface area contributed by atoms with Gasteiger partial charge in [-0.25, -0.2) is 4.98 Å². The summed E-state index contributed by atoms with van der Waals surface area (Å²) in [5, 5.41) is 3.03. The molecular formula is C14H24N4O2. The Kier molecular flexibility index (Phi) is 5.55. The molecule has 112 valence electrons. The Morgan fingerprint density at radius 1 is 1.35 bits per heavy atom. The van der Waals surface area contributed by atoms with Gasteiger partial charge in [-0.15, -0.1) is 0 Å². The summed E-state index contributed by atoms with van der Waals surface area (Å²) in [6.07, 6.45) is 2.32. The average molecular weight is 280 g/mol. The van der Waals surface area contributed by atoms with E-state index in [-0.39, 0.29) is 6.10 Å². The highest BCUT2D eigenvalue weighted by molar-refractivity contribution is 5.37. The molecule has 0 bridgehead atoms. The van der Waals surface area contributed by atoms with Crippen LogP contribution in [0.1, 0.15) is 25.6 Å². The minimum absolute atomic E-state index is 0.241. The zero-order valence-corrected chi connectivity index (χ0v) is 12.6. The fourth-order valence-electron chi connectivity index (χ4n) is 2.19. The lowest BCUT2D eigenvalue weighted by atomic mass is 10.1. The van der Waals surface area contributed by atoms with Crippen molar-refractivity contribution in [1.82, 2.24) is 14.9 Å². The molecule has 20 heavy (non-hydrogen) atoms. The topological polar surface area (TPSA) is 59.5 Å². The molecule has 1 saturated heterocycles. The molecule has 1 aromatic heterocycles. The number of aromatic nitrogens is 2. The van der Waals surface area contributed by atoms with Gasteiger partial charge >= 0.3 is 0 Å². The molecule has 0 aliphatic carbocycles. The Balaban J connectivity index is 2.02. The minimum Gasteiger partial charge on any atom is -0.474 e. The maximum Gasteiger partial charge on any atom is 0.219 e. The van der Waals surface area contributed by atoms with Crippen molar-refractivity contribution in [3.05, 3.63) is 11.9 Å². The van der Waals surface area contributed by atoms with E-state index in [1.54, 1.807) is 0 Å². The second kappa shape index (κ2) is 7.40. The van der Waals surface area contributed by atoms with E-state index >= 15 is 0 Å². The number of ether oxygens (including phenoxy) is 2. The van der Waals surface area contributed by atoms with Crippen LogP contribution >= 0.6 is 0 Å². The number of likely N-dealkylation sites (tertiary alicyclic amines) is 1. The molecule has 0 unspecified atom stereocenters. The summed E-state index contributed by atoms with van der Waals surface area (Å²) in [6.45, 7) is 5.16. The van der Waals surface area contributed by atoms with Gasteiger partial charge in [0.15, 0.2) is 5.82 Å². The van der Waals surface area contributed by atoms with Gasteiger partial charge in [0.05, 0.1) is 0 Å². The van der Waals surface area contributed by atoms with Crippen LogP contribution in [0.3, 0.4) is 0 Å². The van der Waals surface area contributed by atoms with Crippen molar-refractivity contribution in [3.63, 3.8) is 0 Å². The first-order valence-corrected chi connectivity index (χ1v) is 7.20. The van der Waals surface area contributed by atoms with Crippen LogP contribution in [0.2, 0.25) is 0 Å². The van der Waals surface area contributed by atoms with Crippen LogP contribution in [0.25, 0.3) is 0 Å². The van der Waals surface area contributed by atoms with Crippen LogP contribution in [0.5, 0.6) is 5.88 Å². The average Bonchev–Trinajstić information content (AvgIpc) is 2.47. The van der Waals surface area contributed by atoms with Crippen LogP contribution in [0, 0.1) is 0 Å². The highest BCUT2D eigenvalue weighted by atomic mass is 16.5. The van der Waals surface area contributed by atoms with E-state index < -0.39 is 0 Å². The number of nitrogens with zero attached hydrogens (tertiary/aromatic N) is 3. The number of piperidine rings is 1. The molecule has 0 spiro atoms. The van der Waals surface area contributed by atoms with Crippen LogP contribution < -0.4 is 10.1 Å². The molecule has 0 aromatic carbocycles. The van der Waals surface area contributed by atoms with Crippen molar-refractivity contribution < 1.29 is 9.47 Å². The van der Waals surface area contributed by atoms with Gasteiger partial charge in [0.2, 0.25) is 5.88 Å². The molecule has 0 saturated carbocycles. The first kappa shape index (κ1) is 15.0. The van der Waals surface area contributed by atoms with Crippen LogP contribution in [0.4, 0.5) is 5.82 Å². The molecular weight excluding hydrogens is 256 g/mol. The summed E-state index contributed by atoms with van der Waals surface area (Å²) in [4.78, 5) is 11.1. The third-order valence-electron chi connectivity index (χ3n) is 3.39. The lowest BCUT2D eigenvalue weighted by Crippen LogP contribution is -2.35. The second-order valence-electron chi connectivity index (χ2n) is 5.02. The van der Waals surface area contributed by atoms with Gasteiger partial charge in [0, 0.05) is 32.8 Å². The van der Waals surface area contributed by atoms with Crippen molar-refractivity contribution in [2.45, 2.75) is 32.5 Å². The van der Waals surface area contributed by atoms with Gasteiger partial charge in [-0.1, -0.05) is 0 Å². The van der Waals surface area contributed by atoms with E-state index in [1.165, 1.54) is 0 Å². The van der Waals surface area contributed by atoms with Gasteiger partial charge in [-0.05, 0) is 26.8 Å². The zero-order chi connectivity index (χ0) is 14.4. The maximum atomic E-state index is 5.99. The molecule has 0 amide bonds. The monoisotopic (exact) mass is 280 g/mol. The minimum atomic E-state index is 0.241. The van der Waals surface area contributed by atoms with Crippen molar-refractivity contribution in [1.29, 1.82) is 0 Å². The van der Waals surface area contributed by atoms with E-state index in [4.69, 9.17) is 9.47 Å². The summed E-state index contributed by atoms with van der Waals surface area (Å²) >= 11 is 0. The molecule has 6 nitrogen and oxygen atoms in total. The van der Waals surface area contributed by atoms with Crippen LogP contribution in [0.15, 0.2) is 6.07 Å². The summed E-state index contributed by atoms with van der Waals surface area (Å²) < 4.78 is 11.4. The Morgan fingerprint density at radius 2 is 2.10 bits per heavy atom. The van der Waals surface area contributed by atoms with Crippen LogP contribution in [-0.2, 0) is 11.3 Å². The number of nitrogens with one attached hydrogen (secondary N) is 1. The Morgan fingerprint density at radius 3 is 2.75 bits per heavy atom. The van der Waals surface area contributed by atoms with Crippen molar-refractivity contribution in [3.8, 4) is 5.88 Å². The van der Waals surface area contributed by atoms with Gasteiger partial charge < -0.3 is 19.7 Å². The Hall–Kier alpha value is -1.40. The molecule has 0 radical (unpaired) electrons. The van der Waals surface area contributed by atoms with Gasteiger partial charge in [-0.3, -0.25) is 0 Å². The predicted molar refractivity (Wildman–Crippen MR) is 78.1 cm³/mol. The number of rotatable bonds is 6. The molecule has 2 rings (SSSR count). The smallest absolute Gasteiger partial charge is 0.219 e.